The first-order valence-electron chi connectivity index (χ1n) is 4.27. The number of furan rings is 1. The van der Waals surface area contributed by atoms with E-state index in [-0.39, 0.29) is 5.41 Å². The van der Waals surface area contributed by atoms with Gasteiger partial charge in [0, 0.05) is 5.41 Å². The Hall–Kier alpha value is -0.370. The minimum Gasteiger partial charge on any atom is -0.454 e. The predicted octanol–water partition coefficient (Wildman–Crippen LogP) is 3.69. The van der Waals surface area contributed by atoms with E-state index in [9.17, 15) is 0 Å². The molecule has 12 heavy (non-hydrogen) atoms. The Balaban J connectivity index is 2.77. The zero-order valence-electron chi connectivity index (χ0n) is 8.18. The van der Waals surface area contributed by atoms with Crippen LogP contribution in [0, 0.1) is 0 Å². The highest BCUT2D eigenvalue weighted by Crippen LogP contribution is 2.28. The van der Waals surface area contributed by atoms with E-state index in [1.165, 1.54) is 0 Å². The summed E-state index contributed by atoms with van der Waals surface area (Å²) in [6.07, 6.45) is 0. The van der Waals surface area contributed by atoms with Gasteiger partial charge in [-0.25, -0.2) is 0 Å². The Morgan fingerprint density at radius 2 is 2.00 bits per heavy atom. The van der Waals surface area contributed by atoms with E-state index in [0.29, 0.717) is 0 Å². The van der Waals surface area contributed by atoms with Gasteiger partial charge in [0.2, 0.25) is 0 Å². The Kier molecular flexibility index (Phi) is 2.89. The molecular weight excluding hydrogens is 168 g/mol. The Morgan fingerprint density at radius 3 is 2.42 bits per heavy atom. The van der Waals surface area contributed by atoms with Crippen molar-refractivity contribution in [1.82, 2.24) is 0 Å². The van der Waals surface area contributed by atoms with Crippen LogP contribution < -0.4 is 0 Å². The Bertz CT molecular complexity index is 245. The number of hydrogen-bond donors (Lipinski definition) is 0. The van der Waals surface area contributed by atoms with E-state index in [0.717, 1.165) is 16.6 Å². The van der Waals surface area contributed by atoms with Crippen molar-refractivity contribution in [2.75, 3.05) is 5.75 Å². The lowest BCUT2D eigenvalue weighted by Crippen LogP contribution is -2.08. The Morgan fingerprint density at radius 1 is 1.33 bits per heavy atom. The number of rotatable bonds is 2. The third-order valence-electron chi connectivity index (χ3n) is 1.61. The average molecular weight is 184 g/mol. The van der Waals surface area contributed by atoms with Gasteiger partial charge in [-0.15, -0.1) is 0 Å². The molecule has 0 N–H and O–H groups in total. The van der Waals surface area contributed by atoms with Crippen LogP contribution in [0.15, 0.2) is 21.6 Å². The molecule has 0 radical (unpaired) electrons. The van der Waals surface area contributed by atoms with Gasteiger partial charge >= 0.3 is 0 Å². The molecule has 0 atom stereocenters. The lowest BCUT2D eigenvalue weighted by atomic mass is 9.94. The summed E-state index contributed by atoms with van der Waals surface area (Å²) in [4.78, 5) is 0. The third kappa shape index (κ3) is 2.31. The molecule has 0 saturated carbocycles. The lowest BCUT2D eigenvalue weighted by Gasteiger charge is -2.13. The lowest BCUT2D eigenvalue weighted by molar-refractivity contribution is 0.362. The predicted molar refractivity (Wildman–Crippen MR) is 53.8 cm³/mol. The second-order valence-corrected chi connectivity index (χ2v) is 5.07. The first kappa shape index (κ1) is 9.72. The van der Waals surface area contributed by atoms with Gasteiger partial charge < -0.3 is 4.42 Å². The molecule has 0 saturated heterocycles. The maximum atomic E-state index is 5.65. The maximum Gasteiger partial charge on any atom is 0.160 e. The van der Waals surface area contributed by atoms with Gasteiger partial charge in [-0.3, -0.25) is 0 Å². The summed E-state index contributed by atoms with van der Waals surface area (Å²) in [5.41, 5.74) is 0.131. The van der Waals surface area contributed by atoms with Crippen LogP contribution in [0.4, 0.5) is 0 Å². The van der Waals surface area contributed by atoms with Gasteiger partial charge in [0.05, 0.1) is 0 Å². The molecular formula is C10H16OS. The van der Waals surface area contributed by atoms with Gasteiger partial charge in [-0.05, 0) is 17.9 Å². The van der Waals surface area contributed by atoms with Crippen molar-refractivity contribution in [3.63, 3.8) is 0 Å². The summed E-state index contributed by atoms with van der Waals surface area (Å²) in [5.74, 6) is 2.13. The summed E-state index contributed by atoms with van der Waals surface area (Å²) < 4.78 is 5.65. The molecule has 0 aliphatic heterocycles. The maximum absolute atomic E-state index is 5.65. The van der Waals surface area contributed by atoms with Crippen molar-refractivity contribution in [2.45, 2.75) is 38.2 Å². The highest BCUT2D eigenvalue weighted by atomic mass is 32.2. The first-order valence-corrected chi connectivity index (χ1v) is 5.25. The third-order valence-corrected chi connectivity index (χ3v) is 2.40. The van der Waals surface area contributed by atoms with E-state index < -0.39 is 0 Å². The molecule has 0 aliphatic rings. The monoisotopic (exact) mass is 184 g/mol. The number of thioether (sulfide) groups is 1. The van der Waals surface area contributed by atoms with Gasteiger partial charge in [0.1, 0.15) is 5.76 Å². The van der Waals surface area contributed by atoms with Crippen LogP contribution in [-0.2, 0) is 5.41 Å². The van der Waals surface area contributed by atoms with Crippen LogP contribution in [-0.4, -0.2) is 5.75 Å². The van der Waals surface area contributed by atoms with Crippen molar-refractivity contribution < 1.29 is 4.42 Å². The van der Waals surface area contributed by atoms with E-state index in [4.69, 9.17) is 4.42 Å². The standard InChI is InChI=1S/C10H16OS/c1-5-12-9-7-6-8(11-9)10(2,3)4/h6-7H,5H2,1-4H3. The van der Waals surface area contributed by atoms with Gasteiger partial charge in [0.25, 0.3) is 0 Å². The van der Waals surface area contributed by atoms with Crippen LogP contribution in [0.25, 0.3) is 0 Å². The second-order valence-electron chi connectivity index (χ2n) is 3.80. The van der Waals surface area contributed by atoms with Crippen LogP contribution >= 0.6 is 11.8 Å². The van der Waals surface area contributed by atoms with Crippen molar-refractivity contribution in [2.24, 2.45) is 0 Å². The summed E-state index contributed by atoms with van der Waals surface area (Å²) in [6.45, 7) is 8.61. The summed E-state index contributed by atoms with van der Waals surface area (Å²) >= 11 is 1.75. The molecule has 1 rings (SSSR count). The van der Waals surface area contributed by atoms with E-state index >= 15 is 0 Å². The molecule has 2 heteroatoms. The molecule has 1 heterocycles. The molecule has 0 aromatic carbocycles. The fraction of sp³-hybridized carbons (Fsp3) is 0.600. The van der Waals surface area contributed by atoms with Gasteiger partial charge in [-0.2, -0.15) is 0 Å². The van der Waals surface area contributed by atoms with Crippen molar-refractivity contribution >= 4 is 11.8 Å². The largest absolute Gasteiger partial charge is 0.454 e. The number of hydrogen-bond acceptors (Lipinski definition) is 2. The van der Waals surface area contributed by atoms with Crippen LogP contribution in [0.5, 0.6) is 0 Å². The van der Waals surface area contributed by atoms with Crippen LogP contribution in [0.3, 0.4) is 0 Å². The zero-order valence-corrected chi connectivity index (χ0v) is 8.99. The molecule has 1 aromatic rings. The van der Waals surface area contributed by atoms with Crippen molar-refractivity contribution in [3.05, 3.63) is 17.9 Å². The van der Waals surface area contributed by atoms with E-state index in [2.05, 4.69) is 39.8 Å². The van der Waals surface area contributed by atoms with E-state index in [1.54, 1.807) is 11.8 Å². The SMILES string of the molecule is CCSc1ccc(C(C)(C)C)o1. The second kappa shape index (κ2) is 3.56. The molecule has 68 valence electrons. The van der Waals surface area contributed by atoms with Crippen molar-refractivity contribution in [3.8, 4) is 0 Å². The normalized spacial score (nSPS) is 12.0. The highest BCUT2D eigenvalue weighted by molar-refractivity contribution is 7.99. The Labute approximate surface area is 78.5 Å². The summed E-state index contributed by atoms with van der Waals surface area (Å²) in [7, 11) is 0. The molecule has 1 aromatic heterocycles. The van der Waals surface area contributed by atoms with Gasteiger partial charge in [-0.1, -0.05) is 39.5 Å². The van der Waals surface area contributed by atoms with Crippen molar-refractivity contribution in [1.29, 1.82) is 0 Å². The zero-order chi connectivity index (χ0) is 9.19. The van der Waals surface area contributed by atoms with E-state index in [1.807, 2.05) is 0 Å². The molecule has 0 bridgehead atoms. The highest BCUT2D eigenvalue weighted by Gasteiger charge is 2.17. The molecule has 1 nitrogen and oxygen atoms in total. The quantitative estimate of drug-likeness (QED) is 0.650. The topological polar surface area (TPSA) is 13.1 Å². The summed E-state index contributed by atoms with van der Waals surface area (Å²) in [5, 5.41) is 1.03. The minimum atomic E-state index is 0.131. The smallest absolute Gasteiger partial charge is 0.160 e. The van der Waals surface area contributed by atoms with Crippen LogP contribution in [0.2, 0.25) is 0 Å². The fourth-order valence-corrected chi connectivity index (χ4v) is 1.54. The average Bonchev–Trinajstić information content (AvgIpc) is 2.35. The molecule has 0 fully saturated rings. The van der Waals surface area contributed by atoms with Crippen LogP contribution in [0.1, 0.15) is 33.5 Å². The molecule has 0 aliphatic carbocycles. The molecule has 0 spiro atoms. The minimum absolute atomic E-state index is 0.131. The molecule has 0 unspecified atom stereocenters. The molecule has 0 amide bonds. The van der Waals surface area contributed by atoms with Gasteiger partial charge in [0.15, 0.2) is 5.09 Å². The summed E-state index contributed by atoms with van der Waals surface area (Å²) in [6, 6.07) is 4.12. The first-order chi connectivity index (χ1) is 5.54. The fourth-order valence-electron chi connectivity index (χ4n) is 0.943.